The van der Waals surface area contributed by atoms with Crippen molar-refractivity contribution >= 4 is 5.84 Å². The predicted molar refractivity (Wildman–Crippen MR) is 89.9 cm³/mol. The van der Waals surface area contributed by atoms with Crippen LogP contribution in [0, 0.1) is 33.5 Å². The van der Waals surface area contributed by atoms with Crippen LogP contribution in [-0.2, 0) is 9.47 Å². The molecule has 1 saturated carbocycles. The average molecular weight is 339 g/mol. The van der Waals surface area contributed by atoms with Crippen LogP contribution in [0.1, 0.15) is 38.2 Å². The Morgan fingerprint density at radius 1 is 1.20 bits per heavy atom. The summed E-state index contributed by atoms with van der Waals surface area (Å²) in [7, 11) is 0. The van der Waals surface area contributed by atoms with Gasteiger partial charge in [0.15, 0.2) is 5.41 Å². The lowest BCUT2D eigenvalue weighted by atomic mass is 9.93. The summed E-state index contributed by atoms with van der Waals surface area (Å²) < 4.78 is 11.9. The molecule has 3 rings (SSSR count). The van der Waals surface area contributed by atoms with Gasteiger partial charge in [0.1, 0.15) is 11.3 Å². The van der Waals surface area contributed by atoms with E-state index in [0.717, 1.165) is 18.4 Å². The van der Waals surface area contributed by atoms with E-state index < -0.39 is 22.7 Å². The summed E-state index contributed by atoms with van der Waals surface area (Å²) in [5.74, 6) is -1.96. The Kier molecular flexibility index (Phi) is 4.24. The third kappa shape index (κ3) is 1.97. The van der Waals surface area contributed by atoms with Crippen molar-refractivity contribution in [1.29, 1.82) is 10.5 Å². The van der Waals surface area contributed by atoms with E-state index in [9.17, 15) is 10.5 Å². The zero-order valence-corrected chi connectivity index (χ0v) is 14.4. The molecule has 130 valence electrons. The first-order chi connectivity index (χ1) is 12.1. The molecule has 2 N–H and O–H groups in total. The number of nitrogens with two attached hydrogens (primary N) is 1. The summed E-state index contributed by atoms with van der Waals surface area (Å²) >= 11 is 0. The van der Waals surface area contributed by atoms with Crippen LogP contribution in [0.5, 0.6) is 0 Å². The second-order valence-corrected chi connectivity index (χ2v) is 6.33. The Labute approximate surface area is 147 Å². The van der Waals surface area contributed by atoms with E-state index in [1.54, 1.807) is 18.5 Å². The minimum atomic E-state index is -1.56. The van der Waals surface area contributed by atoms with Gasteiger partial charge in [-0.05, 0) is 24.5 Å². The molecule has 0 radical (unpaired) electrons. The highest BCUT2D eigenvalue weighted by Crippen LogP contribution is 2.81. The van der Waals surface area contributed by atoms with Gasteiger partial charge in [0, 0.05) is 18.3 Å². The van der Waals surface area contributed by atoms with Crippen molar-refractivity contribution < 1.29 is 9.47 Å². The molecule has 7 nitrogen and oxygen atoms in total. The average Bonchev–Trinajstić information content (AvgIpc) is 3.23. The third-order valence-corrected chi connectivity index (χ3v) is 4.95. The van der Waals surface area contributed by atoms with E-state index in [-0.39, 0.29) is 5.84 Å². The Morgan fingerprint density at radius 3 is 2.36 bits per heavy atom. The molecule has 1 aromatic rings. The normalized spacial score (nSPS) is 31.5. The van der Waals surface area contributed by atoms with Crippen molar-refractivity contribution in [2.75, 3.05) is 13.2 Å². The first-order valence-electron chi connectivity index (χ1n) is 8.46. The molecule has 1 fully saturated rings. The van der Waals surface area contributed by atoms with Crippen molar-refractivity contribution in [3.63, 3.8) is 0 Å². The van der Waals surface area contributed by atoms with Gasteiger partial charge in [-0.3, -0.25) is 4.98 Å². The molecule has 7 heteroatoms. The van der Waals surface area contributed by atoms with Gasteiger partial charge in [0.2, 0.25) is 0 Å². The van der Waals surface area contributed by atoms with Crippen LogP contribution >= 0.6 is 0 Å². The first kappa shape index (κ1) is 17.3. The van der Waals surface area contributed by atoms with Crippen molar-refractivity contribution in [3.8, 4) is 12.1 Å². The van der Waals surface area contributed by atoms with Gasteiger partial charge in [0.05, 0.1) is 25.4 Å². The Balaban J connectivity index is 2.16. The van der Waals surface area contributed by atoms with Crippen molar-refractivity contribution in [2.45, 2.75) is 38.5 Å². The fraction of sp³-hybridized carbons (Fsp3) is 0.556. The highest BCUT2D eigenvalue weighted by molar-refractivity contribution is 6.00. The van der Waals surface area contributed by atoms with Crippen LogP contribution < -0.4 is 5.73 Å². The summed E-state index contributed by atoms with van der Waals surface area (Å²) in [5.41, 5.74) is 4.36. The molecule has 3 unspecified atom stereocenters. The third-order valence-electron chi connectivity index (χ3n) is 4.95. The molecule has 1 aromatic heterocycles. The number of pyridine rings is 1. The molecule has 2 heterocycles. The van der Waals surface area contributed by atoms with E-state index in [1.807, 2.05) is 19.9 Å². The number of aliphatic imine (C=N–C) groups is 1. The number of hydrogen-bond acceptors (Lipinski definition) is 7. The van der Waals surface area contributed by atoms with Gasteiger partial charge in [-0.2, -0.15) is 10.5 Å². The van der Waals surface area contributed by atoms with Crippen LogP contribution in [0.25, 0.3) is 0 Å². The van der Waals surface area contributed by atoms with E-state index in [2.05, 4.69) is 22.1 Å². The number of nitriles is 2. The van der Waals surface area contributed by atoms with Crippen molar-refractivity contribution in [1.82, 2.24) is 4.98 Å². The molecule has 1 aliphatic heterocycles. The molecular formula is C18H21N5O2. The number of rotatable bonds is 7. The van der Waals surface area contributed by atoms with Crippen LogP contribution in [0.2, 0.25) is 0 Å². The highest BCUT2D eigenvalue weighted by atomic mass is 16.7. The Bertz CT molecular complexity index is 758. The first-order valence-corrected chi connectivity index (χ1v) is 8.46. The van der Waals surface area contributed by atoms with E-state index in [1.165, 1.54) is 0 Å². The maximum atomic E-state index is 10.1. The molecular weight excluding hydrogens is 318 g/mol. The fourth-order valence-corrected chi connectivity index (χ4v) is 3.89. The van der Waals surface area contributed by atoms with E-state index in [4.69, 9.17) is 15.2 Å². The second kappa shape index (κ2) is 6.11. The number of fused-ring (bicyclic) bond motifs is 1. The molecule has 0 aromatic carbocycles. The largest absolute Gasteiger partial charge is 0.386 e. The monoisotopic (exact) mass is 339 g/mol. The number of aromatic nitrogens is 1. The van der Waals surface area contributed by atoms with Gasteiger partial charge in [-0.25, -0.2) is 4.99 Å². The van der Waals surface area contributed by atoms with Gasteiger partial charge in [0.25, 0.3) is 5.91 Å². The fourth-order valence-electron chi connectivity index (χ4n) is 3.89. The predicted octanol–water partition coefficient (Wildman–Crippen LogP) is 2.08. The number of amidine groups is 1. The van der Waals surface area contributed by atoms with E-state index in [0.29, 0.717) is 13.2 Å². The van der Waals surface area contributed by atoms with Crippen LogP contribution in [0.15, 0.2) is 29.5 Å². The maximum absolute atomic E-state index is 10.1. The van der Waals surface area contributed by atoms with Gasteiger partial charge in [-0.15, -0.1) is 0 Å². The lowest BCUT2D eigenvalue weighted by Gasteiger charge is -2.32. The molecule has 3 atom stereocenters. The van der Waals surface area contributed by atoms with Gasteiger partial charge in [-0.1, -0.05) is 19.9 Å². The minimum Gasteiger partial charge on any atom is -0.386 e. The van der Waals surface area contributed by atoms with Crippen LogP contribution in [-0.4, -0.2) is 29.9 Å². The minimum absolute atomic E-state index is 0.0950. The molecule has 0 saturated heterocycles. The molecule has 0 spiro atoms. The van der Waals surface area contributed by atoms with Crippen molar-refractivity contribution in [3.05, 3.63) is 30.1 Å². The Morgan fingerprint density at radius 2 is 1.88 bits per heavy atom. The lowest BCUT2D eigenvalue weighted by Crippen LogP contribution is -2.44. The molecule has 0 amide bonds. The molecule has 25 heavy (non-hydrogen) atoms. The summed E-state index contributed by atoms with van der Waals surface area (Å²) in [6, 6.07) is 8.16. The zero-order valence-electron chi connectivity index (χ0n) is 14.4. The number of ether oxygens (including phenoxy) is 2. The quantitative estimate of drug-likeness (QED) is 0.760. The standard InChI is InChI=1S/C18H21N5O2/c1-3-8-24-18(25-9-4-2)17(12-20)14(13-6-5-7-22-10-13)16(17,11-19)15(21)23-18/h5-7,10,14H,3-4,8-9H2,1-2H3,(H2,21,23). The number of hydrogen-bond donors (Lipinski definition) is 1. The summed E-state index contributed by atoms with van der Waals surface area (Å²) in [6.45, 7) is 4.62. The number of nitrogens with zero attached hydrogens (tertiary/aromatic N) is 4. The van der Waals surface area contributed by atoms with Gasteiger partial charge < -0.3 is 15.2 Å². The van der Waals surface area contributed by atoms with Crippen LogP contribution in [0.3, 0.4) is 0 Å². The lowest BCUT2D eigenvalue weighted by molar-refractivity contribution is -0.259. The topological polar surface area (TPSA) is 117 Å². The SMILES string of the molecule is CCCOC1(OCCC)N=C(N)C2(C#N)C(c3cccnc3)C12C#N. The molecule has 2 aliphatic rings. The highest BCUT2D eigenvalue weighted by Gasteiger charge is 2.93. The van der Waals surface area contributed by atoms with E-state index >= 15 is 0 Å². The summed E-state index contributed by atoms with van der Waals surface area (Å²) in [5, 5.41) is 20.1. The van der Waals surface area contributed by atoms with Crippen molar-refractivity contribution in [2.24, 2.45) is 21.6 Å². The smallest absolute Gasteiger partial charge is 0.293 e. The van der Waals surface area contributed by atoms with Gasteiger partial charge >= 0.3 is 0 Å². The summed E-state index contributed by atoms with van der Waals surface area (Å²) in [4.78, 5) is 8.49. The Hall–Kier alpha value is -2.48. The molecule has 1 aliphatic carbocycles. The zero-order chi connectivity index (χ0) is 18.1. The molecule has 0 bridgehead atoms. The second-order valence-electron chi connectivity index (χ2n) is 6.33. The summed E-state index contributed by atoms with van der Waals surface area (Å²) in [6.07, 6.45) is 4.75. The maximum Gasteiger partial charge on any atom is 0.293 e. The van der Waals surface area contributed by atoms with Crippen LogP contribution in [0.4, 0.5) is 0 Å².